The van der Waals surface area contributed by atoms with Crippen LogP contribution in [0.4, 0.5) is 4.39 Å². The SMILES string of the molecule is COc1ncc(C2CC2)cc1CNC(=O)C(C)c1ccc(F)cc1. The van der Waals surface area contributed by atoms with E-state index in [4.69, 9.17) is 4.74 Å². The zero-order valence-corrected chi connectivity index (χ0v) is 13.9. The molecule has 0 radical (unpaired) electrons. The molecule has 2 aromatic rings. The molecule has 1 N–H and O–H groups in total. The lowest BCUT2D eigenvalue weighted by Gasteiger charge is -2.14. The molecule has 1 aliphatic rings. The maximum absolute atomic E-state index is 13.0. The quantitative estimate of drug-likeness (QED) is 0.882. The molecule has 24 heavy (non-hydrogen) atoms. The first kappa shape index (κ1) is 16.4. The first-order chi connectivity index (χ1) is 11.6. The van der Waals surface area contributed by atoms with Crippen LogP contribution < -0.4 is 10.1 Å². The van der Waals surface area contributed by atoms with Crippen LogP contribution in [0.1, 0.15) is 48.3 Å². The highest BCUT2D eigenvalue weighted by atomic mass is 19.1. The number of ether oxygens (including phenoxy) is 1. The van der Waals surface area contributed by atoms with E-state index >= 15 is 0 Å². The van der Waals surface area contributed by atoms with Crippen LogP contribution in [0.15, 0.2) is 36.5 Å². The van der Waals surface area contributed by atoms with Gasteiger partial charge in [0.05, 0.1) is 13.0 Å². The zero-order chi connectivity index (χ0) is 17.1. The van der Waals surface area contributed by atoms with Crippen LogP contribution in [-0.2, 0) is 11.3 Å². The molecular formula is C19H21FN2O2. The van der Waals surface area contributed by atoms with Gasteiger partial charge in [0.2, 0.25) is 11.8 Å². The molecule has 0 spiro atoms. The molecule has 5 heteroatoms. The lowest BCUT2D eigenvalue weighted by molar-refractivity contribution is -0.122. The number of methoxy groups -OCH3 is 1. The van der Waals surface area contributed by atoms with E-state index in [-0.39, 0.29) is 17.6 Å². The molecule has 1 heterocycles. The van der Waals surface area contributed by atoms with E-state index < -0.39 is 0 Å². The van der Waals surface area contributed by atoms with Crippen molar-refractivity contribution in [2.24, 2.45) is 0 Å². The minimum absolute atomic E-state index is 0.111. The van der Waals surface area contributed by atoms with Crippen molar-refractivity contribution in [3.8, 4) is 5.88 Å². The smallest absolute Gasteiger partial charge is 0.227 e. The van der Waals surface area contributed by atoms with Gasteiger partial charge in [0.1, 0.15) is 5.82 Å². The molecule has 1 saturated carbocycles. The molecule has 1 amide bonds. The molecule has 126 valence electrons. The van der Waals surface area contributed by atoms with Gasteiger partial charge >= 0.3 is 0 Å². The number of hydrogen-bond acceptors (Lipinski definition) is 3. The summed E-state index contributed by atoms with van der Waals surface area (Å²) < 4.78 is 18.3. The summed E-state index contributed by atoms with van der Waals surface area (Å²) in [4.78, 5) is 16.7. The van der Waals surface area contributed by atoms with Crippen molar-refractivity contribution in [2.75, 3.05) is 7.11 Å². The Hall–Kier alpha value is -2.43. The minimum atomic E-state index is -0.351. The first-order valence-corrected chi connectivity index (χ1v) is 8.14. The van der Waals surface area contributed by atoms with Crippen LogP contribution in [0.5, 0.6) is 5.88 Å². The number of hydrogen-bond donors (Lipinski definition) is 1. The summed E-state index contributed by atoms with van der Waals surface area (Å²) in [5.74, 6) is 0.362. The number of carbonyl (C=O) groups excluding carboxylic acids is 1. The third-order valence-electron chi connectivity index (χ3n) is 4.40. The number of benzene rings is 1. The average Bonchev–Trinajstić information content (AvgIpc) is 3.44. The molecule has 1 fully saturated rings. The van der Waals surface area contributed by atoms with E-state index in [1.54, 1.807) is 26.2 Å². The highest BCUT2D eigenvalue weighted by Crippen LogP contribution is 2.40. The van der Waals surface area contributed by atoms with Gasteiger partial charge < -0.3 is 10.1 Å². The molecule has 1 unspecified atom stereocenters. The number of nitrogens with one attached hydrogen (secondary N) is 1. The third kappa shape index (κ3) is 3.72. The van der Waals surface area contributed by atoms with Crippen LogP contribution in [0.2, 0.25) is 0 Å². The summed E-state index contributed by atoms with van der Waals surface area (Å²) in [6.45, 7) is 2.17. The Kier molecular flexibility index (Phi) is 4.79. The lowest BCUT2D eigenvalue weighted by atomic mass is 10.0. The van der Waals surface area contributed by atoms with Gasteiger partial charge in [-0.25, -0.2) is 9.37 Å². The van der Waals surface area contributed by atoms with Crippen LogP contribution in [-0.4, -0.2) is 18.0 Å². The van der Waals surface area contributed by atoms with Gasteiger partial charge in [0.25, 0.3) is 0 Å². The van der Waals surface area contributed by atoms with Crippen molar-refractivity contribution in [2.45, 2.75) is 38.1 Å². The maximum Gasteiger partial charge on any atom is 0.227 e. The van der Waals surface area contributed by atoms with Gasteiger partial charge in [0, 0.05) is 18.3 Å². The molecule has 3 rings (SSSR count). The number of rotatable bonds is 6. The Morgan fingerprint density at radius 3 is 2.71 bits per heavy atom. The van der Waals surface area contributed by atoms with Gasteiger partial charge in [-0.05, 0) is 55.0 Å². The molecule has 1 atom stereocenters. The van der Waals surface area contributed by atoms with Crippen LogP contribution in [0.25, 0.3) is 0 Å². The van der Waals surface area contributed by atoms with Crippen LogP contribution >= 0.6 is 0 Å². The van der Waals surface area contributed by atoms with E-state index in [1.165, 1.54) is 30.5 Å². The molecule has 4 nitrogen and oxygen atoms in total. The Morgan fingerprint density at radius 2 is 2.08 bits per heavy atom. The highest BCUT2D eigenvalue weighted by Gasteiger charge is 2.25. The third-order valence-corrected chi connectivity index (χ3v) is 4.40. The second-order valence-corrected chi connectivity index (χ2v) is 6.20. The predicted molar refractivity (Wildman–Crippen MR) is 89.4 cm³/mol. The normalized spacial score (nSPS) is 15.0. The molecule has 0 bridgehead atoms. The Bertz CT molecular complexity index is 727. The fourth-order valence-corrected chi connectivity index (χ4v) is 2.70. The fraction of sp³-hybridized carbons (Fsp3) is 0.368. The van der Waals surface area contributed by atoms with E-state index in [9.17, 15) is 9.18 Å². The van der Waals surface area contributed by atoms with Crippen LogP contribution in [0, 0.1) is 5.82 Å². The number of aromatic nitrogens is 1. The number of halogens is 1. The molecule has 0 saturated heterocycles. The van der Waals surface area contributed by atoms with Crippen molar-refractivity contribution in [3.05, 3.63) is 59.0 Å². The van der Waals surface area contributed by atoms with Gasteiger partial charge in [-0.3, -0.25) is 4.79 Å². The van der Waals surface area contributed by atoms with Crippen molar-refractivity contribution < 1.29 is 13.9 Å². The Balaban J connectivity index is 1.67. The Morgan fingerprint density at radius 1 is 1.38 bits per heavy atom. The van der Waals surface area contributed by atoms with Crippen molar-refractivity contribution in [1.29, 1.82) is 0 Å². The average molecular weight is 328 g/mol. The summed E-state index contributed by atoms with van der Waals surface area (Å²) >= 11 is 0. The predicted octanol–water partition coefficient (Wildman–Crippen LogP) is 3.53. The van der Waals surface area contributed by atoms with E-state index in [0.29, 0.717) is 18.3 Å². The van der Waals surface area contributed by atoms with Gasteiger partial charge in [-0.1, -0.05) is 12.1 Å². The molecule has 1 aliphatic carbocycles. The topological polar surface area (TPSA) is 51.2 Å². The van der Waals surface area contributed by atoms with E-state index in [0.717, 1.165) is 11.1 Å². The monoisotopic (exact) mass is 328 g/mol. The fourth-order valence-electron chi connectivity index (χ4n) is 2.70. The Labute approximate surface area is 141 Å². The number of nitrogens with zero attached hydrogens (tertiary/aromatic N) is 1. The maximum atomic E-state index is 13.0. The number of amides is 1. The second-order valence-electron chi connectivity index (χ2n) is 6.20. The standard InChI is InChI=1S/C19H21FN2O2/c1-12(13-5-7-17(20)8-6-13)18(23)21-11-16-9-15(14-3-4-14)10-22-19(16)24-2/h5-10,12,14H,3-4,11H2,1-2H3,(H,21,23). The summed E-state index contributed by atoms with van der Waals surface area (Å²) in [7, 11) is 1.57. The molecule has 1 aromatic heterocycles. The lowest BCUT2D eigenvalue weighted by Crippen LogP contribution is -2.27. The summed E-state index contributed by atoms with van der Waals surface area (Å²) in [6.07, 6.45) is 4.24. The van der Waals surface area contributed by atoms with Gasteiger partial charge in [-0.15, -0.1) is 0 Å². The summed E-state index contributed by atoms with van der Waals surface area (Å²) in [5.41, 5.74) is 2.86. The molecule has 0 aliphatic heterocycles. The largest absolute Gasteiger partial charge is 0.481 e. The zero-order valence-electron chi connectivity index (χ0n) is 13.9. The van der Waals surface area contributed by atoms with Crippen LogP contribution in [0.3, 0.4) is 0 Å². The number of carbonyl (C=O) groups is 1. The highest BCUT2D eigenvalue weighted by molar-refractivity contribution is 5.83. The second kappa shape index (κ2) is 6.99. The summed E-state index contributed by atoms with van der Waals surface area (Å²) in [6, 6.07) is 8.06. The number of pyridine rings is 1. The van der Waals surface area contributed by atoms with Gasteiger partial charge in [0.15, 0.2) is 0 Å². The van der Waals surface area contributed by atoms with E-state index in [1.807, 2.05) is 6.20 Å². The van der Waals surface area contributed by atoms with Gasteiger partial charge in [-0.2, -0.15) is 0 Å². The van der Waals surface area contributed by atoms with Crippen molar-refractivity contribution in [1.82, 2.24) is 10.3 Å². The molecular weight excluding hydrogens is 307 g/mol. The van der Waals surface area contributed by atoms with Crippen molar-refractivity contribution >= 4 is 5.91 Å². The minimum Gasteiger partial charge on any atom is -0.481 e. The summed E-state index contributed by atoms with van der Waals surface area (Å²) in [5, 5.41) is 2.92. The van der Waals surface area contributed by atoms with Crippen molar-refractivity contribution in [3.63, 3.8) is 0 Å². The first-order valence-electron chi connectivity index (χ1n) is 8.14. The molecule has 1 aromatic carbocycles. The van der Waals surface area contributed by atoms with E-state index in [2.05, 4.69) is 16.4 Å².